The number of carbonyl (C=O) groups excluding carboxylic acids is 1. The van der Waals surface area contributed by atoms with E-state index in [1.165, 1.54) is 34.0 Å². The average molecular weight is 581 g/mol. The molecule has 1 amide bonds. The number of carbonyl (C=O) groups is 2. The van der Waals surface area contributed by atoms with Gasteiger partial charge in [0, 0.05) is 29.3 Å². The lowest BCUT2D eigenvalue weighted by molar-refractivity contribution is -0.137. The quantitative estimate of drug-likeness (QED) is 0.219. The van der Waals surface area contributed by atoms with Gasteiger partial charge in [0.2, 0.25) is 5.91 Å². The van der Waals surface area contributed by atoms with Gasteiger partial charge in [-0.3, -0.25) is 34.1 Å². The van der Waals surface area contributed by atoms with Crippen molar-refractivity contribution in [3.05, 3.63) is 106 Å². The largest absolute Gasteiger partial charge is 0.480 e. The summed E-state index contributed by atoms with van der Waals surface area (Å²) >= 11 is 12.3. The monoisotopic (exact) mass is 580 g/mol. The summed E-state index contributed by atoms with van der Waals surface area (Å²) in [5.74, 6) is -1.56. The molecule has 2 aromatic carbocycles. The van der Waals surface area contributed by atoms with Gasteiger partial charge in [-0.15, -0.1) is 5.53 Å². The van der Waals surface area contributed by atoms with Gasteiger partial charge >= 0.3 is 5.97 Å². The Balaban J connectivity index is 1.48. The highest BCUT2D eigenvalue weighted by Gasteiger charge is 2.24. The number of rotatable bonds is 9. The van der Waals surface area contributed by atoms with Gasteiger partial charge in [-0.05, 0) is 23.8 Å². The van der Waals surface area contributed by atoms with Crippen LogP contribution in [0.15, 0.2) is 89.5 Å². The van der Waals surface area contributed by atoms with Crippen molar-refractivity contribution in [1.29, 1.82) is 0 Å². The SMILES string of the molecule is O=C(O)Cn1cc(NC(=O)[C@H](Cc2ccccc2)n2cnc(-c3cc(Cl)ccc3N3C=C(Cl)NN3)cc2=O)cn1. The molecule has 40 heavy (non-hydrogen) atoms. The molecule has 1 aliphatic heterocycles. The summed E-state index contributed by atoms with van der Waals surface area (Å²) < 4.78 is 2.44. The maximum Gasteiger partial charge on any atom is 0.325 e. The molecule has 0 radical (unpaired) electrons. The normalized spacial score (nSPS) is 13.4. The molecule has 5 rings (SSSR count). The van der Waals surface area contributed by atoms with Crippen molar-refractivity contribution in [2.24, 2.45) is 0 Å². The molecule has 4 N–H and O–H groups in total. The number of amides is 1. The summed E-state index contributed by atoms with van der Waals surface area (Å²) in [6.45, 7) is -0.356. The van der Waals surface area contributed by atoms with E-state index in [0.717, 1.165) is 5.56 Å². The van der Waals surface area contributed by atoms with Crippen molar-refractivity contribution in [2.45, 2.75) is 19.0 Å². The summed E-state index contributed by atoms with van der Waals surface area (Å²) in [7, 11) is 0. The molecule has 0 aliphatic carbocycles. The smallest absolute Gasteiger partial charge is 0.325 e. The van der Waals surface area contributed by atoms with Crippen LogP contribution in [-0.4, -0.2) is 36.3 Å². The first-order chi connectivity index (χ1) is 19.3. The zero-order chi connectivity index (χ0) is 28.2. The third kappa shape index (κ3) is 6.15. The summed E-state index contributed by atoms with van der Waals surface area (Å²) in [4.78, 5) is 42.4. The fourth-order valence-electron chi connectivity index (χ4n) is 4.17. The van der Waals surface area contributed by atoms with E-state index in [-0.39, 0.29) is 13.0 Å². The van der Waals surface area contributed by atoms with Crippen LogP contribution in [0.2, 0.25) is 5.02 Å². The Labute approximate surface area is 237 Å². The van der Waals surface area contributed by atoms with E-state index in [4.69, 9.17) is 28.3 Å². The molecular weight excluding hydrogens is 559 g/mol. The fraction of sp³-hybridized carbons (Fsp3) is 0.115. The molecule has 1 aliphatic rings. The Morgan fingerprint density at radius 1 is 1.10 bits per heavy atom. The lowest BCUT2D eigenvalue weighted by Crippen LogP contribution is -2.36. The number of benzene rings is 2. The number of hydrogen-bond donors (Lipinski definition) is 4. The Hall–Kier alpha value is -4.65. The first-order valence-corrected chi connectivity index (χ1v) is 12.7. The van der Waals surface area contributed by atoms with Gasteiger partial charge in [-0.1, -0.05) is 53.5 Å². The second kappa shape index (κ2) is 11.6. The molecule has 0 bridgehead atoms. The second-order valence-corrected chi connectivity index (χ2v) is 9.62. The van der Waals surface area contributed by atoms with Gasteiger partial charge in [0.25, 0.3) is 5.56 Å². The summed E-state index contributed by atoms with van der Waals surface area (Å²) in [6.07, 6.45) is 5.88. The van der Waals surface area contributed by atoms with Crippen LogP contribution < -0.4 is 26.8 Å². The Kier molecular flexibility index (Phi) is 7.82. The molecule has 0 unspecified atom stereocenters. The number of hydrogen-bond acceptors (Lipinski definition) is 8. The van der Waals surface area contributed by atoms with Crippen LogP contribution in [0.1, 0.15) is 11.6 Å². The molecular formula is C26H22Cl2N8O4. The first-order valence-electron chi connectivity index (χ1n) is 11.9. The van der Waals surface area contributed by atoms with E-state index in [1.54, 1.807) is 29.4 Å². The van der Waals surface area contributed by atoms with Crippen molar-refractivity contribution in [3.63, 3.8) is 0 Å². The number of anilines is 2. The Morgan fingerprint density at radius 3 is 2.60 bits per heavy atom. The highest BCUT2D eigenvalue weighted by molar-refractivity contribution is 6.31. The van der Waals surface area contributed by atoms with Crippen LogP contribution in [0.4, 0.5) is 11.4 Å². The van der Waals surface area contributed by atoms with Crippen molar-refractivity contribution in [3.8, 4) is 11.3 Å². The van der Waals surface area contributed by atoms with Crippen LogP contribution in [0.3, 0.4) is 0 Å². The number of carboxylic acids is 1. The molecule has 3 heterocycles. The van der Waals surface area contributed by atoms with Crippen molar-refractivity contribution < 1.29 is 14.7 Å². The number of nitrogens with one attached hydrogen (secondary N) is 3. The van der Waals surface area contributed by atoms with Crippen LogP contribution in [0.25, 0.3) is 11.3 Å². The predicted octanol–water partition coefficient (Wildman–Crippen LogP) is 3.13. The van der Waals surface area contributed by atoms with Gasteiger partial charge < -0.3 is 10.4 Å². The molecule has 0 fully saturated rings. The van der Waals surface area contributed by atoms with E-state index in [9.17, 15) is 14.4 Å². The van der Waals surface area contributed by atoms with Crippen molar-refractivity contribution >= 4 is 46.5 Å². The number of carboxylic acid groups (broad SMARTS) is 1. The number of aromatic nitrogens is 4. The standard InChI is InChI=1S/C26H22Cl2N8O4/c27-17-6-7-21(36-13-23(28)32-33-36)19(9-17)20-10-24(37)35(15-29-20)22(8-16-4-2-1-3-5-16)26(40)31-18-11-30-34(12-18)14-25(38)39/h1-7,9-13,15,22,32-33H,8,14H2,(H,31,40)(H,38,39)/t22-/m0/s1. The fourth-order valence-corrected chi connectivity index (χ4v) is 4.48. The zero-order valence-electron chi connectivity index (χ0n) is 20.7. The number of hydrazine groups is 2. The minimum absolute atomic E-state index is 0.200. The highest BCUT2D eigenvalue weighted by Crippen LogP contribution is 2.32. The number of aliphatic carboxylic acids is 1. The summed E-state index contributed by atoms with van der Waals surface area (Å²) in [5.41, 5.74) is 7.84. The van der Waals surface area contributed by atoms with Gasteiger partial charge in [-0.25, -0.2) is 4.98 Å². The molecule has 1 atom stereocenters. The van der Waals surface area contributed by atoms with Gasteiger partial charge in [-0.2, -0.15) is 5.10 Å². The zero-order valence-corrected chi connectivity index (χ0v) is 22.2. The first kappa shape index (κ1) is 26.9. The van der Waals surface area contributed by atoms with Gasteiger partial charge in [0.15, 0.2) is 0 Å². The summed E-state index contributed by atoms with van der Waals surface area (Å²) in [5, 5.41) is 18.1. The Bertz CT molecular complexity index is 1650. The van der Waals surface area contributed by atoms with Crippen molar-refractivity contribution in [2.75, 3.05) is 10.3 Å². The van der Waals surface area contributed by atoms with Crippen LogP contribution in [0, 0.1) is 0 Å². The number of nitrogens with zero attached hydrogens (tertiary/aromatic N) is 5. The van der Waals surface area contributed by atoms with Gasteiger partial charge in [0.1, 0.15) is 17.7 Å². The van der Waals surface area contributed by atoms with Crippen molar-refractivity contribution in [1.82, 2.24) is 30.3 Å². The molecule has 0 saturated carbocycles. The minimum Gasteiger partial charge on any atom is -0.480 e. The van der Waals surface area contributed by atoms with E-state index in [2.05, 4.69) is 26.4 Å². The molecule has 2 aromatic heterocycles. The lowest BCUT2D eigenvalue weighted by atomic mass is 10.0. The van der Waals surface area contributed by atoms with Crippen LogP contribution in [-0.2, 0) is 22.6 Å². The van der Waals surface area contributed by atoms with Crippen LogP contribution in [0.5, 0.6) is 0 Å². The highest BCUT2D eigenvalue weighted by atomic mass is 35.5. The molecule has 204 valence electrons. The Morgan fingerprint density at radius 2 is 1.90 bits per heavy atom. The maximum absolute atomic E-state index is 13.5. The number of halogens is 2. The predicted molar refractivity (Wildman–Crippen MR) is 149 cm³/mol. The summed E-state index contributed by atoms with van der Waals surface area (Å²) in [6, 6.07) is 14.7. The molecule has 4 aromatic rings. The maximum atomic E-state index is 13.5. The lowest BCUT2D eigenvalue weighted by Gasteiger charge is -2.21. The molecule has 0 spiro atoms. The van der Waals surface area contributed by atoms with Gasteiger partial charge in [0.05, 0.1) is 35.8 Å². The molecule has 0 saturated heterocycles. The molecule has 14 heteroatoms. The second-order valence-electron chi connectivity index (χ2n) is 8.78. The minimum atomic E-state index is -1.07. The average Bonchev–Trinajstić information content (AvgIpc) is 3.56. The molecule has 12 nitrogen and oxygen atoms in total. The van der Waals surface area contributed by atoms with Crippen LogP contribution >= 0.6 is 23.2 Å². The third-order valence-corrected chi connectivity index (χ3v) is 6.40. The third-order valence-electron chi connectivity index (χ3n) is 5.98. The topological polar surface area (TPSA) is 146 Å². The van der Waals surface area contributed by atoms with E-state index in [1.807, 2.05) is 30.3 Å². The van der Waals surface area contributed by atoms with E-state index < -0.39 is 23.5 Å². The van der Waals surface area contributed by atoms with E-state index in [0.29, 0.717) is 32.8 Å². The van der Waals surface area contributed by atoms with E-state index >= 15 is 0 Å².